The molecule has 0 fully saturated rings. The fraction of sp³-hybridized carbons (Fsp3) is 0.0667. The Morgan fingerprint density at radius 1 is 0.490 bits per heavy atom. The van der Waals surface area contributed by atoms with Crippen molar-refractivity contribution in [2.75, 3.05) is 10.6 Å². The molecule has 8 nitrogen and oxygen atoms in total. The molecule has 0 spiro atoms. The van der Waals surface area contributed by atoms with Crippen LogP contribution in [0, 0.1) is 0 Å². The zero-order valence-electron chi connectivity index (χ0n) is 25.2. The minimum Gasteiger partial charge on any atom is -0.418 e. The number of nitrogens with one attached hydrogen (secondary N) is 2. The number of hydrogen-bond donors (Lipinski definition) is 2. The number of benzene rings is 2. The molecular weight excluding hydrogens is 702 g/mol. The minimum atomic E-state index is -6.00. The predicted molar refractivity (Wildman–Crippen MR) is 170 cm³/mol. The first-order valence-corrected chi connectivity index (χ1v) is 14.2. The van der Waals surface area contributed by atoms with Gasteiger partial charge in [0.15, 0.2) is 11.6 Å². The summed E-state index contributed by atoms with van der Waals surface area (Å²) < 4.78 is 81.5. The van der Waals surface area contributed by atoms with Crippen molar-refractivity contribution >= 4 is 25.9 Å². The minimum absolute atomic E-state index is 0. The first-order chi connectivity index (χ1) is 22.8. The van der Waals surface area contributed by atoms with Gasteiger partial charge in [-0.15, -0.1) is 0 Å². The number of anilines is 2. The van der Waals surface area contributed by atoms with Crippen LogP contribution in [0.1, 0.15) is 11.4 Å². The number of para-hydroxylation sites is 2. The van der Waals surface area contributed by atoms with Gasteiger partial charge in [0.25, 0.3) is 0 Å². The molecule has 0 saturated heterocycles. The Hall–Kier alpha value is -5.15. The van der Waals surface area contributed by atoms with Crippen molar-refractivity contribution in [1.29, 1.82) is 0 Å². The van der Waals surface area contributed by atoms with Crippen LogP contribution in [0.15, 0.2) is 122 Å². The van der Waals surface area contributed by atoms with E-state index < -0.39 is 14.5 Å². The maximum Gasteiger partial charge on any atom is 2.00 e. The fourth-order valence-corrected chi connectivity index (χ4v) is 4.31. The van der Waals surface area contributed by atoms with Crippen molar-refractivity contribution in [2.24, 2.45) is 0 Å². The number of halogens is 8. The molecule has 0 aliphatic carbocycles. The summed E-state index contributed by atoms with van der Waals surface area (Å²) >= 11 is 0. The summed E-state index contributed by atoms with van der Waals surface area (Å²) in [6.07, 6.45) is 7.28. The maximum atomic E-state index is 9.75. The topological polar surface area (TPSA) is 85.5 Å². The second kappa shape index (κ2) is 17.8. The largest absolute Gasteiger partial charge is 2.00 e. The predicted octanol–water partition coefficient (Wildman–Crippen LogP) is 8.34. The van der Waals surface area contributed by atoms with E-state index in [4.69, 9.17) is 9.97 Å². The Labute approximate surface area is 286 Å². The van der Waals surface area contributed by atoms with Gasteiger partial charge in [0, 0.05) is 47.3 Å². The van der Waals surface area contributed by atoms with Crippen molar-refractivity contribution in [3.8, 4) is 22.8 Å². The van der Waals surface area contributed by atoms with Crippen LogP contribution in [0.3, 0.4) is 0 Å². The number of nitrogens with zero attached hydrogens (tertiary/aromatic N) is 6. The van der Waals surface area contributed by atoms with Crippen LogP contribution in [0.25, 0.3) is 22.8 Å². The Kier molecular flexibility index (Phi) is 13.9. The Morgan fingerprint density at radius 3 is 1.20 bits per heavy atom. The normalized spacial score (nSPS) is 10.9. The van der Waals surface area contributed by atoms with E-state index in [1.54, 1.807) is 21.8 Å². The molecular formula is C30H26B2F8FeN8. The molecule has 6 rings (SSSR count). The van der Waals surface area contributed by atoms with Crippen LogP contribution >= 0.6 is 0 Å². The fourth-order valence-electron chi connectivity index (χ4n) is 4.31. The van der Waals surface area contributed by atoms with Gasteiger partial charge in [-0.3, -0.25) is 0 Å². The van der Waals surface area contributed by atoms with Gasteiger partial charge in [-0.1, -0.05) is 48.5 Å². The molecule has 4 aromatic heterocycles. The summed E-state index contributed by atoms with van der Waals surface area (Å²) in [5.74, 6) is 1.59. The number of hydrogen-bond acceptors (Lipinski definition) is 6. The Morgan fingerprint density at radius 2 is 0.857 bits per heavy atom. The van der Waals surface area contributed by atoms with Gasteiger partial charge in [0.2, 0.25) is 0 Å². The zero-order chi connectivity index (χ0) is 34.6. The van der Waals surface area contributed by atoms with Crippen LogP contribution in [0.4, 0.5) is 45.9 Å². The van der Waals surface area contributed by atoms with Crippen LogP contribution < -0.4 is 10.6 Å². The third-order valence-electron chi connectivity index (χ3n) is 6.13. The second-order valence-electron chi connectivity index (χ2n) is 9.66. The van der Waals surface area contributed by atoms with Crippen LogP contribution in [0.2, 0.25) is 0 Å². The zero-order valence-corrected chi connectivity index (χ0v) is 26.3. The molecule has 49 heavy (non-hydrogen) atoms. The molecule has 0 saturated carbocycles. The van der Waals surface area contributed by atoms with E-state index in [0.29, 0.717) is 13.1 Å². The number of rotatable bonds is 9. The van der Waals surface area contributed by atoms with Crippen molar-refractivity contribution in [1.82, 2.24) is 29.5 Å². The van der Waals surface area contributed by atoms with E-state index in [0.717, 1.165) is 45.5 Å². The SMILES string of the molecule is F[B-](F)(F)F.F[B-](F)(F)F.[Fe+2].c1cc(CNc2ccccc2-c2ccccc2NCc2cccc(-n3cccn3)n2)nc(-n2cccn2)c1. The van der Waals surface area contributed by atoms with Gasteiger partial charge in [-0.05, 0) is 48.5 Å². The summed E-state index contributed by atoms with van der Waals surface area (Å²) in [5, 5.41) is 15.7. The molecule has 2 N–H and O–H groups in total. The molecule has 4 heterocycles. The molecule has 0 aliphatic rings. The third kappa shape index (κ3) is 13.5. The maximum absolute atomic E-state index is 9.75. The van der Waals surface area contributed by atoms with Crippen molar-refractivity contribution in [3.63, 3.8) is 0 Å². The van der Waals surface area contributed by atoms with E-state index in [-0.39, 0.29) is 17.1 Å². The Bertz CT molecular complexity index is 1710. The van der Waals surface area contributed by atoms with Crippen LogP contribution in [0.5, 0.6) is 0 Å². The smallest absolute Gasteiger partial charge is 0.418 e. The quantitative estimate of drug-likeness (QED) is 0.115. The van der Waals surface area contributed by atoms with E-state index in [9.17, 15) is 34.5 Å². The average Bonchev–Trinajstić information content (AvgIpc) is 3.78. The van der Waals surface area contributed by atoms with E-state index in [1.807, 2.05) is 73.1 Å². The summed E-state index contributed by atoms with van der Waals surface area (Å²) in [6, 6.07) is 32.4. The molecule has 0 bridgehead atoms. The first-order valence-electron chi connectivity index (χ1n) is 14.2. The van der Waals surface area contributed by atoms with Crippen molar-refractivity contribution in [3.05, 3.63) is 133 Å². The van der Waals surface area contributed by atoms with Crippen LogP contribution in [-0.4, -0.2) is 44.0 Å². The van der Waals surface area contributed by atoms with Gasteiger partial charge in [0.05, 0.1) is 24.5 Å². The summed E-state index contributed by atoms with van der Waals surface area (Å²) in [7, 11) is -12.0. The van der Waals surface area contributed by atoms with E-state index >= 15 is 0 Å². The van der Waals surface area contributed by atoms with E-state index in [1.165, 1.54) is 0 Å². The molecule has 0 unspecified atom stereocenters. The standard InChI is InChI=1S/C30H26N8.2BF4.Fe/c1-3-13-27(31-21-23-9-5-15-29(35-23)37-19-7-17-33-37)25(11-1)26-12-2-4-14-28(26)32-22-24-10-6-16-30(36-24)38-20-8-18-34-38;2*2-1(3,4)5;/h1-20,31-32H,21-22H2;;;/q;2*-1;+2. The van der Waals surface area contributed by atoms with Gasteiger partial charge in [-0.2, -0.15) is 10.2 Å². The average molecular weight is 728 g/mol. The molecule has 6 aromatic rings. The summed E-state index contributed by atoms with van der Waals surface area (Å²) in [4.78, 5) is 9.50. The van der Waals surface area contributed by atoms with E-state index in [2.05, 4.69) is 57.2 Å². The second-order valence-corrected chi connectivity index (χ2v) is 9.66. The number of aromatic nitrogens is 6. The molecule has 2 aromatic carbocycles. The molecule has 0 atom stereocenters. The van der Waals surface area contributed by atoms with Gasteiger partial charge in [-0.25, -0.2) is 19.3 Å². The molecule has 256 valence electrons. The molecule has 0 amide bonds. The monoisotopic (exact) mass is 728 g/mol. The van der Waals surface area contributed by atoms with Crippen LogP contribution in [-0.2, 0) is 30.2 Å². The van der Waals surface area contributed by atoms with Gasteiger partial charge < -0.3 is 45.2 Å². The molecule has 19 heteroatoms. The summed E-state index contributed by atoms with van der Waals surface area (Å²) in [6.45, 7) is 1.18. The van der Waals surface area contributed by atoms with Crippen molar-refractivity contribution in [2.45, 2.75) is 13.1 Å². The van der Waals surface area contributed by atoms with Gasteiger partial charge >= 0.3 is 31.6 Å². The number of pyridine rings is 2. The Balaban J connectivity index is 0.000000522. The third-order valence-corrected chi connectivity index (χ3v) is 6.13. The van der Waals surface area contributed by atoms with Gasteiger partial charge in [0.1, 0.15) is 0 Å². The molecule has 0 radical (unpaired) electrons. The van der Waals surface area contributed by atoms with Crippen molar-refractivity contribution < 1.29 is 51.6 Å². The molecule has 0 aliphatic heterocycles. The first kappa shape index (κ1) is 38.3. The summed E-state index contributed by atoms with van der Waals surface area (Å²) in [5.41, 5.74) is 6.15.